The number of ether oxygens (including phenoxy) is 1. The van der Waals surface area contributed by atoms with Crippen LogP contribution >= 0.6 is 0 Å². The fourth-order valence-electron chi connectivity index (χ4n) is 2.32. The van der Waals surface area contributed by atoms with Gasteiger partial charge < -0.3 is 14.7 Å². The van der Waals surface area contributed by atoms with Crippen molar-refractivity contribution in [2.75, 3.05) is 24.6 Å². The lowest BCUT2D eigenvalue weighted by Gasteiger charge is -2.33. The van der Waals surface area contributed by atoms with Gasteiger partial charge in [-0.05, 0) is 37.1 Å². The Hall–Kier alpha value is -1.64. The third-order valence-electron chi connectivity index (χ3n) is 3.41. The van der Waals surface area contributed by atoms with Crippen molar-refractivity contribution in [3.05, 3.63) is 24.3 Å². The van der Waals surface area contributed by atoms with Gasteiger partial charge in [0.05, 0.1) is 11.0 Å². The van der Waals surface area contributed by atoms with Crippen LogP contribution in [0.2, 0.25) is 0 Å². The molecule has 0 atom stereocenters. The second-order valence-electron chi connectivity index (χ2n) is 4.93. The summed E-state index contributed by atoms with van der Waals surface area (Å²) in [7, 11) is -3.67. The molecule has 116 valence electrons. The summed E-state index contributed by atoms with van der Waals surface area (Å²) < 4.78 is 27.7. The van der Waals surface area contributed by atoms with Crippen molar-refractivity contribution in [1.29, 1.82) is 0 Å². The molecular weight excluding hydrogens is 296 g/mol. The van der Waals surface area contributed by atoms with Crippen LogP contribution < -0.4 is 10.0 Å². The molecule has 2 rings (SSSR count). The average Bonchev–Trinajstić information content (AvgIpc) is 2.45. The van der Waals surface area contributed by atoms with Crippen molar-refractivity contribution >= 4 is 21.7 Å². The van der Waals surface area contributed by atoms with Gasteiger partial charge in [-0.2, -0.15) is 0 Å². The van der Waals surface area contributed by atoms with Crippen LogP contribution in [0.4, 0.5) is 5.69 Å². The first-order valence-electron chi connectivity index (χ1n) is 6.57. The highest BCUT2D eigenvalue weighted by atomic mass is 32.2. The zero-order valence-electron chi connectivity index (χ0n) is 11.4. The van der Waals surface area contributed by atoms with E-state index in [-0.39, 0.29) is 17.6 Å². The zero-order valence-corrected chi connectivity index (χ0v) is 12.3. The molecule has 0 amide bonds. The molecule has 3 N–H and O–H groups in total. The molecule has 0 bridgehead atoms. The number of piperidine rings is 1. The predicted molar refractivity (Wildman–Crippen MR) is 76.6 cm³/mol. The summed E-state index contributed by atoms with van der Waals surface area (Å²) in [5.74, 6) is -0.962. The zero-order chi connectivity index (χ0) is 15.5. The predicted octanol–water partition coefficient (Wildman–Crippen LogP) is 0.404. The summed E-state index contributed by atoms with van der Waals surface area (Å²) in [6.45, 7) is 1.20. The van der Waals surface area contributed by atoms with Crippen molar-refractivity contribution in [3.8, 4) is 0 Å². The van der Waals surface area contributed by atoms with E-state index in [9.17, 15) is 13.2 Å². The second kappa shape index (κ2) is 6.42. The topological polar surface area (TPSA) is 110 Å². The van der Waals surface area contributed by atoms with Crippen molar-refractivity contribution in [2.45, 2.75) is 23.8 Å². The summed E-state index contributed by atoms with van der Waals surface area (Å²) in [4.78, 5) is 12.6. The first kappa shape index (κ1) is 15.7. The van der Waals surface area contributed by atoms with Crippen LogP contribution in [0.5, 0.6) is 0 Å². The first-order valence-corrected chi connectivity index (χ1v) is 8.12. The van der Waals surface area contributed by atoms with E-state index in [4.69, 9.17) is 15.0 Å². The third kappa shape index (κ3) is 4.42. The lowest BCUT2D eigenvalue weighted by Crippen LogP contribution is -2.37. The summed E-state index contributed by atoms with van der Waals surface area (Å²) in [5.41, 5.74) is 0.916. The van der Waals surface area contributed by atoms with Crippen LogP contribution in [0.1, 0.15) is 12.8 Å². The summed E-state index contributed by atoms with van der Waals surface area (Å²) in [6, 6.07) is 6.41. The van der Waals surface area contributed by atoms with E-state index in [2.05, 4.69) is 4.90 Å². The molecule has 7 nitrogen and oxygen atoms in total. The largest absolute Gasteiger partial charge is 0.480 e. The number of nitrogens with zero attached hydrogens (tertiary/aromatic N) is 1. The molecule has 0 spiro atoms. The number of hydrogen-bond acceptors (Lipinski definition) is 5. The van der Waals surface area contributed by atoms with E-state index in [1.54, 1.807) is 12.1 Å². The number of carbonyl (C=O) groups is 1. The van der Waals surface area contributed by atoms with Gasteiger partial charge in [0.15, 0.2) is 0 Å². The fourth-order valence-corrected chi connectivity index (χ4v) is 2.83. The van der Waals surface area contributed by atoms with E-state index in [0.717, 1.165) is 31.6 Å². The molecule has 1 aromatic carbocycles. The minimum atomic E-state index is -3.67. The second-order valence-corrected chi connectivity index (χ2v) is 6.49. The Morgan fingerprint density at radius 2 is 1.86 bits per heavy atom. The summed E-state index contributed by atoms with van der Waals surface area (Å²) >= 11 is 0. The van der Waals surface area contributed by atoms with Gasteiger partial charge in [0.2, 0.25) is 10.0 Å². The molecule has 0 radical (unpaired) electrons. The van der Waals surface area contributed by atoms with Crippen molar-refractivity contribution < 1.29 is 23.1 Å². The molecule has 1 aliphatic heterocycles. The fraction of sp³-hybridized carbons (Fsp3) is 0.462. The van der Waals surface area contributed by atoms with Gasteiger partial charge in [0.1, 0.15) is 6.61 Å². The van der Waals surface area contributed by atoms with Crippen molar-refractivity contribution in [1.82, 2.24) is 0 Å². The maximum atomic E-state index is 11.2. The smallest absolute Gasteiger partial charge is 0.329 e. The molecule has 1 saturated heterocycles. The number of sulfonamides is 1. The minimum absolute atomic E-state index is 0.0407. The monoisotopic (exact) mass is 314 g/mol. The number of benzene rings is 1. The van der Waals surface area contributed by atoms with E-state index >= 15 is 0 Å². The van der Waals surface area contributed by atoms with Crippen LogP contribution in [0.15, 0.2) is 29.2 Å². The van der Waals surface area contributed by atoms with Crippen LogP contribution in [0.25, 0.3) is 0 Å². The van der Waals surface area contributed by atoms with Crippen molar-refractivity contribution in [3.63, 3.8) is 0 Å². The Kier molecular flexibility index (Phi) is 4.81. The van der Waals surface area contributed by atoms with Gasteiger partial charge in [0, 0.05) is 18.8 Å². The molecule has 8 heteroatoms. The Bertz CT molecular complexity index is 591. The number of carboxylic acids is 1. The number of rotatable bonds is 5. The Labute approximate surface area is 123 Å². The van der Waals surface area contributed by atoms with Gasteiger partial charge in [-0.25, -0.2) is 18.4 Å². The molecule has 0 aromatic heterocycles. The van der Waals surface area contributed by atoms with Crippen LogP contribution in [-0.2, 0) is 19.6 Å². The highest BCUT2D eigenvalue weighted by Gasteiger charge is 2.21. The quantitative estimate of drug-likeness (QED) is 0.814. The average molecular weight is 314 g/mol. The van der Waals surface area contributed by atoms with Crippen LogP contribution in [-0.4, -0.2) is 45.3 Å². The third-order valence-corrected chi connectivity index (χ3v) is 4.34. The van der Waals surface area contributed by atoms with Gasteiger partial charge in [-0.3, -0.25) is 0 Å². The highest BCUT2D eigenvalue weighted by Crippen LogP contribution is 2.22. The van der Waals surface area contributed by atoms with E-state index in [1.165, 1.54) is 12.1 Å². The first-order chi connectivity index (χ1) is 9.86. The van der Waals surface area contributed by atoms with Gasteiger partial charge in [-0.15, -0.1) is 0 Å². The maximum absolute atomic E-state index is 11.2. The standard InChI is InChI=1S/C13H18N2O5S/c14-21(18,19)12-3-1-10(2-4-12)15-7-5-11(6-8-15)20-9-13(16)17/h1-4,11H,5-9H2,(H,16,17)(H2,14,18,19). The number of anilines is 1. The van der Waals surface area contributed by atoms with E-state index < -0.39 is 16.0 Å². The minimum Gasteiger partial charge on any atom is -0.480 e. The summed E-state index contributed by atoms with van der Waals surface area (Å²) in [5, 5.41) is 13.6. The van der Waals surface area contributed by atoms with Gasteiger partial charge in [-0.1, -0.05) is 0 Å². The molecule has 1 aromatic rings. The molecule has 0 saturated carbocycles. The van der Waals surface area contributed by atoms with Crippen LogP contribution in [0.3, 0.4) is 0 Å². The highest BCUT2D eigenvalue weighted by molar-refractivity contribution is 7.89. The number of primary sulfonamides is 1. The van der Waals surface area contributed by atoms with E-state index in [0.29, 0.717) is 0 Å². The summed E-state index contributed by atoms with van der Waals surface area (Å²) in [6.07, 6.45) is 1.44. The molecule has 1 fully saturated rings. The normalized spacial score (nSPS) is 16.9. The Morgan fingerprint density at radius 3 is 2.33 bits per heavy atom. The number of carboxylic acid groups (broad SMARTS) is 1. The number of aliphatic carboxylic acids is 1. The van der Waals surface area contributed by atoms with Crippen molar-refractivity contribution in [2.24, 2.45) is 5.14 Å². The molecule has 21 heavy (non-hydrogen) atoms. The van der Waals surface area contributed by atoms with Gasteiger partial charge >= 0.3 is 5.97 Å². The molecule has 1 heterocycles. The molecule has 0 aliphatic carbocycles. The molecule has 0 unspecified atom stereocenters. The maximum Gasteiger partial charge on any atom is 0.329 e. The Morgan fingerprint density at radius 1 is 1.29 bits per heavy atom. The Balaban J connectivity index is 1.92. The SMILES string of the molecule is NS(=O)(=O)c1ccc(N2CCC(OCC(=O)O)CC2)cc1. The lowest BCUT2D eigenvalue weighted by molar-refractivity contribution is -0.144. The van der Waals surface area contributed by atoms with E-state index in [1.807, 2.05) is 0 Å². The molecule has 1 aliphatic rings. The molecular formula is C13H18N2O5S. The van der Waals surface area contributed by atoms with Crippen LogP contribution in [0, 0.1) is 0 Å². The lowest BCUT2D eigenvalue weighted by atomic mass is 10.1. The number of hydrogen-bond donors (Lipinski definition) is 2. The number of nitrogens with two attached hydrogens (primary N) is 1. The van der Waals surface area contributed by atoms with Gasteiger partial charge in [0.25, 0.3) is 0 Å².